The Morgan fingerprint density at radius 2 is 1.93 bits per heavy atom. The SMILES string of the molecule is CCNC(=NCc1ccnc(-n2cccn2)c1)N(C)Cc1ccccc1.I. The maximum absolute atomic E-state index is 4.78. The van der Waals surface area contributed by atoms with E-state index in [0.29, 0.717) is 6.54 Å². The summed E-state index contributed by atoms with van der Waals surface area (Å²) in [4.78, 5) is 11.3. The lowest BCUT2D eigenvalue weighted by Gasteiger charge is -2.22. The van der Waals surface area contributed by atoms with E-state index in [1.807, 2.05) is 30.5 Å². The van der Waals surface area contributed by atoms with Crippen LogP contribution in [0.5, 0.6) is 0 Å². The van der Waals surface area contributed by atoms with Crippen LogP contribution in [0.15, 0.2) is 72.1 Å². The average molecular weight is 476 g/mol. The first-order valence-corrected chi connectivity index (χ1v) is 8.74. The van der Waals surface area contributed by atoms with Crippen molar-refractivity contribution in [2.24, 2.45) is 4.99 Å². The number of halogens is 1. The van der Waals surface area contributed by atoms with Crippen molar-refractivity contribution in [3.8, 4) is 5.82 Å². The first-order chi connectivity index (χ1) is 12.8. The molecule has 0 saturated carbocycles. The predicted octanol–water partition coefficient (Wildman–Crippen LogP) is 3.48. The van der Waals surface area contributed by atoms with Gasteiger partial charge in [0.05, 0.1) is 6.54 Å². The number of guanidine groups is 1. The number of nitrogens with zero attached hydrogens (tertiary/aromatic N) is 5. The summed E-state index contributed by atoms with van der Waals surface area (Å²) < 4.78 is 1.75. The van der Waals surface area contributed by atoms with Crippen LogP contribution < -0.4 is 5.32 Å². The molecule has 0 bridgehead atoms. The summed E-state index contributed by atoms with van der Waals surface area (Å²) in [6.45, 7) is 4.29. The number of aliphatic imine (C=N–C) groups is 1. The van der Waals surface area contributed by atoms with Gasteiger partial charge in [-0.3, -0.25) is 0 Å². The highest BCUT2D eigenvalue weighted by atomic mass is 127. The Labute approximate surface area is 177 Å². The van der Waals surface area contributed by atoms with Crippen molar-refractivity contribution < 1.29 is 0 Å². The van der Waals surface area contributed by atoms with Crippen LogP contribution >= 0.6 is 24.0 Å². The van der Waals surface area contributed by atoms with Crippen LogP contribution in [0.1, 0.15) is 18.1 Å². The summed E-state index contributed by atoms with van der Waals surface area (Å²) in [6, 6.07) is 16.3. The molecule has 1 N–H and O–H groups in total. The van der Waals surface area contributed by atoms with Gasteiger partial charge in [-0.1, -0.05) is 30.3 Å². The quantitative estimate of drug-likeness (QED) is 0.336. The van der Waals surface area contributed by atoms with E-state index in [1.54, 1.807) is 17.1 Å². The second-order valence-corrected chi connectivity index (χ2v) is 5.98. The minimum absolute atomic E-state index is 0. The van der Waals surface area contributed by atoms with E-state index in [2.05, 4.69) is 58.5 Å². The number of hydrogen-bond acceptors (Lipinski definition) is 3. The van der Waals surface area contributed by atoms with E-state index in [9.17, 15) is 0 Å². The molecule has 0 fully saturated rings. The van der Waals surface area contributed by atoms with Crippen LogP contribution in [0.3, 0.4) is 0 Å². The summed E-state index contributed by atoms with van der Waals surface area (Å²) in [5.74, 6) is 1.68. The molecule has 3 aromatic rings. The zero-order chi connectivity index (χ0) is 18.2. The number of pyridine rings is 1. The monoisotopic (exact) mass is 476 g/mol. The van der Waals surface area contributed by atoms with Gasteiger partial charge in [0.15, 0.2) is 11.8 Å². The normalized spacial score (nSPS) is 11.0. The van der Waals surface area contributed by atoms with Crippen LogP contribution in [0.4, 0.5) is 0 Å². The van der Waals surface area contributed by atoms with Crippen LogP contribution in [-0.2, 0) is 13.1 Å². The zero-order valence-corrected chi connectivity index (χ0v) is 17.9. The Balaban J connectivity index is 0.00000261. The number of hydrogen-bond donors (Lipinski definition) is 1. The maximum Gasteiger partial charge on any atom is 0.194 e. The van der Waals surface area contributed by atoms with Gasteiger partial charge in [0.2, 0.25) is 0 Å². The lowest BCUT2D eigenvalue weighted by atomic mass is 10.2. The fourth-order valence-electron chi connectivity index (χ4n) is 2.66. The average Bonchev–Trinajstić information content (AvgIpc) is 3.21. The highest BCUT2D eigenvalue weighted by Gasteiger charge is 2.07. The maximum atomic E-state index is 4.78. The second-order valence-electron chi connectivity index (χ2n) is 5.98. The highest BCUT2D eigenvalue weighted by Crippen LogP contribution is 2.08. The molecule has 2 aromatic heterocycles. The summed E-state index contributed by atoms with van der Waals surface area (Å²) >= 11 is 0. The van der Waals surface area contributed by atoms with Crippen molar-refractivity contribution in [2.45, 2.75) is 20.0 Å². The van der Waals surface area contributed by atoms with E-state index in [1.165, 1.54) is 5.56 Å². The van der Waals surface area contributed by atoms with E-state index in [0.717, 1.165) is 30.4 Å². The third kappa shape index (κ3) is 6.06. The fourth-order valence-corrected chi connectivity index (χ4v) is 2.66. The number of benzene rings is 1. The molecule has 0 unspecified atom stereocenters. The van der Waals surface area contributed by atoms with Crippen molar-refractivity contribution in [3.05, 3.63) is 78.2 Å². The first kappa shape index (κ1) is 20.9. The van der Waals surface area contributed by atoms with Crippen LogP contribution in [0.25, 0.3) is 5.82 Å². The van der Waals surface area contributed by atoms with Crippen molar-refractivity contribution in [1.82, 2.24) is 25.0 Å². The van der Waals surface area contributed by atoms with Crippen LogP contribution in [0, 0.1) is 0 Å². The molecule has 0 radical (unpaired) electrons. The molecule has 142 valence electrons. The molecule has 0 atom stereocenters. The second kappa shape index (κ2) is 10.7. The van der Waals surface area contributed by atoms with Gasteiger partial charge >= 0.3 is 0 Å². The molecule has 2 heterocycles. The van der Waals surface area contributed by atoms with E-state index >= 15 is 0 Å². The first-order valence-electron chi connectivity index (χ1n) is 8.74. The third-order valence-electron chi connectivity index (χ3n) is 3.92. The molecular weight excluding hydrogens is 451 g/mol. The topological polar surface area (TPSA) is 58.3 Å². The van der Waals surface area contributed by atoms with Crippen molar-refractivity contribution >= 4 is 29.9 Å². The van der Waals surface area contributed by atoms with Crippen LogP contribution in [0.2, 0.25) is 0 Å². The standard InChI is InChI=1S/C20H24N6.HI/c1-3-21-20(25(2)16-17-8-5-4-6-9-17)23-15-18-10-12-22-19(14-18)26-13-7-11-24-26;/h4-14H,3,15-16H2,1-2H3,(H,21,23);1H. The van der Waals surface area contributed by atoms with Crippen LogP contribution in [-0.4, -0.2) is 39.2 Å². The lowest BCUT2D eigenvalue weighted by molar-refractivity contribution is 0.477. The molecule has 0 amide bonds. The van der Waals surface area contributed by atoms with Gasteiger partial charge in [0.25, 0.3) is 0 Å². The van der Waals surface area contributed by atoms with E-state index in [4.69, 9.17) is 4.99 Å². The Kier molecular flexibility index (Phi) is 8.25. The fraction of sp³-hybridized carbons (Fsp3) is 0.250. The Morgan fingerprint density at radius 1 is 1.11 bits per heavy atom. The molecule has 3 rings (SSSR count). The summed E-state index contributed by atoms with van der Waals surface area (Å²) in [7, 11) is 2.05. The van der Waals surface area contributed by atoms with Gasteiger partial charge in [0, 0.05) is 38.7 Å². The Morgan fingerprint density at radius 3 is 2.63 bits per heavy atom. The van der Waals surface area contributed by atoms with Gasteiger partial charge in [-0.15, -0.1) is 24.0 Å². The number of aromatic nitrogens is 3. The molecule has 0 saturated heterocycles. The van der Waals surface area contributed by atoms with Crippen molar-refractivity contribution in [2.75, 3.05) is 13.6 Å². The van der Waals surface area contributed by atoms with E-state index < -0.39 is 0 Å². The molecule has 1 aromatic carbocycles. The summed E-state index contributed by atoms with van der Waals surface area (Å²) in [5, 5.41) is 7.58. The number of rotatable bonds is 6. The predicted molar refractivity (Wildman–Crippen MR) is 119 cm³/mol. The van der Waals surface area contributed by atoms with Gasteiger partial charge in [0.1, 0.15) is 0 Å². The highest BCUT2D eigenvalue weighted by molar-refractivity contribution is 14.0. The number of nitrogens with one attached hydrogen (secondary N) is 1. The third-order valence-corrected chi connectivity index (χ3v) is 3.92. The van der Waals surface area contributed by atoms with Gasteiger partial charge < -0.3 is 10.2 Å². The summed E-state index contributed by atoms with van der Waals surface area (Å²) in [5.41, 5.74) is 2.35. The molecule has 0 aliphatic rings. The zero-order valence-electron chi connectivity index (χ0n) is 15.6. The molecule has 7 heteroatoms. The molecule has 27 heavy (non-hydrogen) atoms. The smallest absolute Gasteiger partial charge is 0.194 e. The largest absolute Gasteiger partial charge is 0.357 e. The minimum Gasteiger partial charge on any atom is -0.357 e. The van der Waals surface area contributed by atoms with Gasteiger partial charge in [-0.25, -0.2) is 14.7 Å². The lowest BCUT2D eigenvalue weighted by Crippen LogP contribution is -2.38. The molecule has 6 nitrogen and oxygen atoms in total. The van der Waals surface area contributed by atoms with Gasteiger partial charge in [-0.2, -0.15) is 5.10 Å². The summed E-state index contributed by atoms with van der Waals surface area (Å²) in [6.07, 6.45) is 5.42. The Hall–Kier alpha value is -2.42. The molecular formula is C20H25IN6. The molecule has 0 spiro atoms. The van der Waals surface area contributed by atoms with Crippen molar-refractivity contribution in [1.29, 1.82) is 0 Å². The van der Waals surface area contributed by atoms with Gasteiger partial charge in [-0.05, 0) is 36.2 Å². The minimum atomic E-state index is 0. The van der Waals surface area contributed by atoms with Crippen molar-refractivity contribution in [3.63, 3.8) is 0 Å². The Bertz CT molecular complexity index is 833. The molecule has 0 aliphatic carbocycles. The molecule has 0 aliphatic heterocycles. The van der Waals surface area contributed by atoms with E-state index in [-0.39, 0.29) is 24.0 Å².